The fourth-order valence-electron chi connectivity index (χ4n) is 2.92. The minimum atomic E-state index is 0.437. The SMILES string of the molecule is CCCNCC(CCCCSC)C(CNCCCS)NCCC[I-]C. The Labute approximate surface area is 178 Å². The molecule has 0 bridgehead atoms. The molecule has 0 radical (unpaired) electrons. The molecule has 3 N–H and O–H groups in total. The summed E-state index contributed by atoms with van der Waals surface area (Å²) in [6.07, 6.45) is 9.98. The molecule has 3 nitrogen and oxygen atoms in total. The normalized spacial score (nSPS) is 14.1. The minimum absolute atomic E-state index is 0.437. The van der Waals surface area contributed by atoms with E-state index >= 15 is 0 Å². The molecular weight excluding hydrogens is 461 g/mol. The van der Waals surface area contributed by atoms with Crippen LogP contribution in [0.25, 0.3) is 0 Å². The van der Waals surface area contributed by atoms with E-state index in [4.69, 9.17) is 0 Å². The summed E-state index contributed by atoms with van der Waals surface area (Å²) in [6.45, 7) is 7.91. The topological polar surface area (TPSA) is 36.1 Å². The van der Waals surface area contributed by atoms with Crippen molar-refractivity contribution in [2.24, 2.45) is 5.92 Å². The molecule has 2 unspecified atom stereocenters. The molecule has 2 atom stereocenters. The Bertz CT molecular complexity index is 249. The van der Waals surface area contributed by atoms with Crippen molar-refractivity contribution in [3.63, 3.8) is 0 Å². The third-order valence-electron chi connectivity index (χ3n) is 4.36. The second-order valence-electron chi connectivity index (χ2n) is 6.60. The summed E-state index contributed by atoms with van der Waals surface area (Å²) in [6, 6.07) is 0.591. The van der Waals surface area contributed by atoms with E-state index in [9.17, 15) is 0 Å². The molecule has 0 aliphatic rings. The van der Waals surface area contributed by atoms with Gasteiger partial charge >= 0.3 is 179 Å². The number of alkyl halides is 2. The molecule has 0 aromatic rings. The van der Waals surface area contributed by atoms with Gasteiger partial charge in [-0.15, -0.1) is 0 Å². The third kappa shape index (κ3) is 17.2. The van der Waals surface area contributed by atoms with E-state index in [0.29, 0.717) is 27.2 Å². The molecule has 0 aliphatic carbocycles. The van der Waals surface area contributed by atoms with Crippen molar-refractivity contribution in [3.05, 3.63) is 0 Å². The molecule has 0 aromatic carbocycles. The van der Waals surface area contributed by atoms with E-state index in [1.165, 1.54) is 48.8 Å². The van der Waals surface area contributed by atoms with Crippen LogP contribution in [-0.4, -0.2) is 65.9 Å². The van der Waals surface area contributed by atoms with Gasteiger partial charge in [0.25, 0.3) is 0 Å². The van der Waals surface area contributed by atoms with Crippen LogP contribution in [-0.2, 0) is 0 Å². The van der Waals surface area contributed by atoms with E-state index in [1.807, 2.05) is 11.8 Å². The van der Waals surface area contributed by atoms with Crippen molar-refractivity contribution in [1.82, 2.24) is 16.0 Å². The number of halogens is 1. The van der Waals surface area contributed by atoms with Crippen molar-refractivity contribution in [3.8, 4) is 0 Å². The first-order valence-corrected chi connectivity index (χ1v) is 15.7. The van der Waals surface area contributed by atoms with E-state index < -0.39 is 0 Å². The first-order valence-electron chi connectivity index (χ1n) is 9.98. The van der Waals surface area contributed by atoms with Crippen molar-refractivity contribution in [2.45, 2.75) is 51.5 Å². The van der Waals surface area contributed by atoms with Gasteiger partial charge in [0.15, 0.2) is 0 Å². The Balaban J connectivity index is 4.48. The standard InChI is InChI=1S/C19H43IN3S2/c1-4-11-21-16-18(9-5-6-15-25-3)19(17-22-12-8-14-24)23-13-7-10-20-2/h18-19,21-24H,4-17H2,1-3H3/q-1. The van der Waals surface area contributed by atoms with Crippen molar-refractivity contribution in [1.29, 1.82) is 0 Å². The number of hydrogen-bond acceptors (Lipinski definition) is 5. The van der Waals surface area contributed by atoms with Gasteiger partial charge in [-0.1, -0.05) is 0 Å². The summed E-state index contributed by atoms with van der Waals surface area (Å²) in [5, 5.41) is 11.2. The number of hydrogen-bond donors (Lipinski definition) is 4. The second kappa shape index (κ2) is 21.6. The molecule has 0 spiro atoms. The zero-order valence-electron chi connectivity index (χ0n) is 16.8. The van der Waals surface area contributed by atoms with Crippen molar-refractivity contribution >= 4 is 24.4 Å². The number of thiol groups is 1. The first-order chi connectivity index (χ1) is 12.3. The van der Waals surface area contributed by atoms with Gasteiger partial charge in [0.05, 0.1) is 0 Å². The van der Waals surface area contributed by atoms with Crippen LogP contribution in [0.1, 0.15) is 45.4 Å². The van der Waals surface area contributed by atoms with Gasteiger partial charge in [0.1, 0.15) is 0 Å². The summed E-state index contributed by atoms with van der Waals surface area (Å²) in [4.78, 5) is 2.39. The predicted octanol–water partition coefficient (Wildman–Crippen LogP) is 0.112. The molecular formula is C19H43IN3S2-. The third-order valence-corrected chi connectivity index (χ3v) is 7.21. The van der Waals surface area contributed by atoms with Crippen LogP contribution in [0, 0.1) is 5.92 Å². The van der Waals surface area contributed by atoms with Crippen LogP contribution in [0.15, 0.2) is 0 Å². The molecule has 0 fully saturated rings. The van der Waals surface area contributed by atoms with E-state index in [0.717, 1.165) is 44.3 Å². The molecule has 0 aromatic heterocycles. The summed E-state index contributed by atoms with van der Waals surface area (Å²) < 4.78 is 1.44. The van der Waals surface area contributed by atoms with Gasteiger partial charge in [0, 0.05) is 0 Å². The van der Waals surface area contributed by atoms with Crippen LogP contribution in [0.4, 0.5) is 0 Å². The van der Waals surface area contributed by atoms with Crippen LogP contribution >= 0.6 is 24.4 Å². The Morgan fingerprint density at radius 3 is 2.48 bits per heavy atom. The van der Waals surface area contributed by atoms with Gasteiger partial charge in [-0.05, 0) is 0 Å². The number of unbranched alkanes of at least 4 members (excludes halogenated alkanes) is 1. The zero-order valence-corrected chi connectivity index (χ0v) is 20.7. The van der Waals surface area contributed by atoms with Gasteiger partial charge in [0.2, 0.25) is 0 Å². The van der Waals surface area contributed by atoms with Crippen molar-refractivity contribution < 1.29 is 21.2 Å². The molecule has 154 valence electrons. The number of rotatable bonds is 20. The zero-order chi connectivity index (χ0) is 18.6. The molecule has 25 heavy (non-hydrogen) atoms. The Morgan fingerprint density at radius 2 is 1.80 bits per heavy atom. The first kappa shape index (κ1) is 26.3. The van der Waals surface area contributed by atoms with Gasteiger partial charge < -0.3 is 0 Å². The van der Waals surface area contributed by atoms with Crippen LogP contribution < -0.4 is 37.2 Å². The van der Waals surface area contributed by atoms with Crippen molar-refractivity contribution in [2.75, 3.05) is 59.8 Å². The number of nitrogens with one attached hydrogen (secondary N) is 3. The van der Waals surface area contributed by atoms with Crippen LogP contribution in [0.2, 0.25) is 0 Å². The van der Waals surface area contributed by atoms with E-state index in [1.54, 1.807) is 0 Å². The quantitative estimate of drug-likeness (QED) is 0.0822. The summed E-state index contributed by atoms with van der Waals surface area (Å²) >= 11 is 6.74. The van der Waals surface area contributed by atoms with E-state index in [-0.39, 0.29) is 0 Å². The summed E-state index contributed by atoms with van der Waals surface area (Å²) in [5.41, 5.74) is 0. The fourth-order valence-corrected chi connectivity index (χ4v) is 4.71. The van der Waals surface area contributed by atoms with Crippen LogP contribution in [0.5, 0.6) is 0 Å². The molecule has 0 heterocycles. The molecule has 0 saturated heterocycles. The predicted molar refractivity (Wildman–Crippen MR) is 117 cm³/mol. The van der Waals surface area contributed by atoms with Crippen LogP contribution in [0.3, 0.4) is 0 Å². The maximum atomic E-state index is 4.32. The molecule has 0 aliphatic heterocycles. The summed E-state index contributed by atoms with van der Waals surface area (Å²) in [7, 11) is 0. The summed E-state index contributed by atoms with van der Waals surface area (Å²) in [5.74, 6) is 3.00. The Kier molecular flexibility index (Phi) is 22.7. The molecule has 0 rings (SSSR count). The Hall–Kier alpha value is 1.31. The number of thioether (sulfide) groups is 1. The molecule has 0 amide bonds. The average molecular weight is 505 g/mol. The molecule has 0 saturated carbocycles. The second-order valence-corrected chi connectivity index (χ2v) is 10.6. The van der Waals surface area contributed by atoms with E-state index in [2.05, 4.69) is 46.7 Å². The van der Waals surface area contributed by atoms with Gasteiger partial charge in [-0.3, -0.25) is 0 Å². The molecule has 6 heteroatoms. The fraction of sp³-hybridized carbons (Fsp3) is 1.00. The average Bonchev–Trinajstić information content (AvgIpc) is 2.63. The van der Waals surface area contributed by atoms with Gasteiger partial charge in [-0.2, -0.15) is 0 Å². The maximum absolute atomic E-state index is 4.32. The van der Waals surface area contributed by atoms with Gasteiger partial charge in [-0.25, -0.2) is 0 Å². The monoisotopic (exact) mass is 504 g/mol. The Morgan fingerprint density at radius 1 is 1.00 bits per heavy atom.